The Labute approximate surface area is 72.0 Å². The lowest BCUT2D eigenvalue weighted by Crippen LogP contribution is -2.23. The van der Waals surface area contributed by atoms with Gasteiger partial charge >= 0.3 is 0 Å². The monoisotopic (exact) mass is 176 g/mol. The maximum absolute atomic E-state index is 9.02. The molecule has 0 aliphatic rings. The van der Waals surface area contributed by atoms with Crippen LogP contribution < -0.4 is 5.73 Å². The molecular weight excluding hydrogens is 160 g/mol. The lowest BCUT2D eigenvalue weighted by molar-refractivity contribution is -0.106. The molecule has 0 fully saturated rings. The molecular formula is C7H16N2O3. The molecule has 0 aromatic carbocycles. The van der Waals surface area contributed by atoms with Crippen LogP contribution in [-0.4, -0.2) is 37.1 Å². The SMILES string of the molecule is CCOCCOC(O)CC(=N)N. The van der Waals surface area contributed by atoms with E-state index < -0.39 is 6.29 Å². The maximum atomic E-state index is 9.02. The second kappa shape index (κ2) is 7.02. The maximum Gasteiger partial charge on any atom is 0.161 e. The lowest BCUT2D eigenvalue weighted by atomic mass is 10.4. The molecule has 0 saturated carbocycles. The van der Waals surface area contributed by atoms with Crippen LogP contribution in [-0.2, 0) is 9.47 Å². The van der Waals surface area contributed by atoms with Crippen molar-refractivity contribution >= 4 is 5.84 Å². The topological polar surface area (TPSA) is 88.6 Å². The van der Waals surface area contributed by atoms with E-state index in [2.05, 4.69) is 0 Å². The molecule has 5 heteroatoms. The van der Waals surface area contributed by atoms with E-state index >= 15 is 0 Å². The third-order valence-electron chi connectivity index (χ3n) is 1.14. The summed E-state index contributed by atoms with van der Waals surface area (Å²) in [5.41, 5.74) is 5.04. The van der Waals surface area contributed by atoms with Gasteiger partial charge in [-0.3, -0.25) is 5.41 Å². The molecule has 0 bridgehead atoms. The summed E-state index contributed by atoms with van der Waals surface area (Å²) in [6.45, 7) is 3.28. The molecule has 0 saturated heterocycles. The van der Waals surface area contributed by atoms with Gasteiger partial charge in [0.1, 0.15) is 0 Å². The van der Waals surface area contributed by atoms with Crippen molar-refractivity contribution in [3.63, 3.8) is 0 Å². The highest BCUT2D eigenvalue weighted by atomic mass is 16.6. The van der Waals surface area contributed by atoms with Crippen molar-refractivity contribution in [2.75, 3.05) is 19.8 Å². The Morgan fingerprint density at radius 3 is 2.75 bits per heavy atom. The van der Waals surface area contributed by atoms with Gasteiger partial charge in [0, 0.05) is 6.61 Å². The highest BCUT2D eigenvalue weighted by molar-refractivity contribution is 5.77. The van der Waals surface area contributed by atoms with Crippen molar-refractivity contribution in [1.82, 2.24) is 0 Å². The zero-order valence-electron chi connectivity index (χ0n) is 7.25. The van der Waals surface area contributed by atoms with Crippen molar-refractivity contribution in [2.24, 2.45) is 5.73 Å². The number of rotatable bonds is 7. The number of aliphatic hydroxyl groups is 1. The molecule has 0 heterocycles. The van der Waals surface area contributed by atoms with E-state index in [0.29, 0.717) is 19.8 Å². The summed E-state index contributed by atoms with van der Waals surface area (Å²) in [7, 11) is 0. The molecule has 1 atom stereocenters. The van der Waals surface area contributed by atoms with E-state index in [9.17, 15) is 0 Å². The largest absolute Gasteiger partial charge is 0.388 e. The van der Waals surface area contributed by atoms with Gasteiger partial charge in [-0.1, -0.05) is 0 Å². The predicted molar refractivity (Wildman–Crippen MR) is 45.0 cm³/mol. The standard InChI is InChI=1S/C7H16N2O3/c1-2-11-3-4-12-7(10)5-6(8)9/h7,10H,2-5H2,1H3,(H3,8,9). The minimum absolute atomic E-state index is 0.0477. The number of ether oxygens (including phenoxy) is 2. The average Bonchev–Trinajstić information content (AvgIpc) is 1.97. The number of nitrogens with one attached hydrogen (secondary N) is 1. The first-order valence-corrected chi connectivity index (χ1v) is 3.87. The van der Waals surface area contributed by atoms with Gasteiger partial charge in [0.2, 0.25) is 0 Å². The molecule has 0 aromatic rings. The molecule has 0 amide bonds. The minimum atomic E-state index is -0.983. The summed E-state index contributed by atoms with van der Waals surface area (Å²) in [6.07, 6.45) is -0.936. The Morgan fingerprint density at radius 2 is 2.25 bits per heavy atom. The van der Waals surface area contributed by atoms with E-state index in [1.807, 2.05) is 6.92 Å². The van der Waals surface area contributed by atoms with Gasteiger partial charge in [0.25, 0.3) is 0 Å². The van der Waals surface area contributed by atoms with Crippen LogP contribution in [0, 0.1) is 5.41 Å². The van der Waals surface area contributed by atoms with E-state index in [1.54, 1.807) is 0 Å². The van der Waals surface area contributed by atoms with Crippen LogP contribution in [0.3, 0.4) is 0 Å². The van der Waals surface area contributed by atoms with Gasteiger partial charge in [-0.05, 0) is 6.92 Å². The fraction of sp³-hybridized carbons (Fsp3) is 0.857. The van der Waals surface area contributed by atoms with Crippen LogP contribution in [0.5, 0.6) is 0 Å². The van der Waals surface area contributed by atoms with E-state index in [-0.39, 0.29) is 12.3 Å². The molecule has 1 unspecified atom stereocenters. The van der Waals surface area contributed by atoms with Gasteiger partial charge in [0.15, 0.2) is 6.29 Å². The van der Waals surface area contributed by atoms with Crippen molar-refractivity contribution in [1.29, 1.82) is 5.41 Å². The predicted octanol–water partition coefficient (Wildman–Crippen LogP) is -0.316. The van der Waals surface area contributed by atoms with E-state index in [0.717, 1.165) is 0 Å². The summed E-state index contributed by atoms with van der Waals surface area (Å²) in [6, 6.07) is 0. The van der Waals surface area contributed by atoms with Gasteiger partial charge in [0.05, 0.1) is 25.5 Å². The summed E-state index contributed by atoms with van der Waals surface area (Å²) in [5, 5.41) is 15.9. The second-order valence-electron chi connectivity index (χ2n) is 2.25. The zero-order valence-corrected chi connectivity index (χ0v) is 7.25. The summed E-state index contributed by atoms with van der Waals surface area (Å²) >= 11 is 0. The first kappa shape index (κ1) is 11.4. The molecule has 0 aliphatic carbocycles. The average molecular weight is 176 g/mol. The normalized spacial score (nSPS) is 12.8. The zero-order chi connectivity index (χ0) is 9.40. The smallest absolute Gasteiger partial charge is 0.161 e. The van der Waals surface area contributed by atoms with Crippen molar-refractivity contribution in [3.8, 4) is 0 Å². The van der Waals surface area contributed by atoms with Gasteiger partial charge in [-0.25, -0.2) is 0 Å². The van der Waals surface area contributed by atoms with Crippen LogP contribution in [0.25, 0.3) is 0 Å². The fourth-order valence-electron chi connectivity index (χ4n) is 0.634. The number of amidine groups is 1. The van der Waals surface area contributed by atoms with E-state index in [4.69, 9.17) is 25.7 Å². The Balaban J connectivity index is 3.19. The number of hydrogen-bond acceptors (Lipinski definition) is 4. The molecule has 12 heavy (non-hydrogen) atoms. The summed E-state index contributed by atoms with van der Waals surface area (Å²) in [5.74, 6) is -0.0843. The molecule has 5 nitrogen and oxygen atoms in total. The molecule has 0 aliphatic heterocycles. The van der Waals surface area contributed by atoms with Crippen LogP contribution >= 0.6 is 0 Å². The van der Waals surface area contributed by atoms with Crippen molar-refractivity contribution < 1.29 is 14.6 Å². The number of aliphatic hydroxyl groups excluding tert-OH is 1. The highest BCUT2D eigenvalue weighted by Gasteiger charge is 2.04. The Bertz CT molecular complexity index is 130. The van der Waals surface area contributed by atoms with Gasteiger partial charge < -0.3 is 20.3 Å². The van der Waals surface area contributed by atoms with Crippen LogP contribution in [0.1, 0.15) is 13.3 Å². The van der Waals surface area contributed by atoms with Gasteiger partial charge in [-0.15, -0.1) is 0 Å². The van der Waals surface area contributed by atoms with Crippen LogP contribution in [0.15, 0.2) is 0 Å². The van der Waals surface area contributed by atoms with Crippen molar-refractivity contribution in [3.05, 3.63) is 0 Å². The van der Waals surface area contributed by atoms with Crippen molar-refractivity contribution in [2.45, 2.75) is 19.6 Å². The molecule has 72 valence electrons. The quantitative estimate of drug-likeness (QED) is 0.215. The number of nitrogens with two attached hydrogens (primary N) is 1. The molecule has 0 aromatic heterocycles. The Hall–Kier alpha value is -0.650. The van der Waals surface area contributed by atoms with Gasteiger partial charge in [-0.2, -0.15) is 0 Å². The third kappa shape index (κ3) is 7.46. The first-order chi connectivity index (χ1) is 5.66. The van der Waals surface area contributed by atoms with E-state index in [1.165, 1.54) is 0 Å². The second-order valence-corrected chi connectivity index (χ2v) is 2.25. The molecule has 4 N–H and O–H groups in total. The Kier molecular flexibility index (Phi) is 6.64. The van der Waals surface area contributed by atoms with Crippen LogP contribution in [0.2, 0.25) is 0 Å². The van der Waals surface area contributed by atoms with Crippen LogP contribution in [0.4, 0.5) is 0 Å². The highest BCUT2D eigenvalue weighted by Crippen LogP contribution is 1.92. The minimum Gasteiger partial charge on any atom is -0.388 e. The molecule has 0 spiro atoms. The first-order valence-electron chi connectivity index (χ1n) is 3.87. The lowest BCUT2D eigenvalue weighted by Gasteiger charge is -2.10. The summed E-state index contributed by atoms with van der Waals surface area (Å²) < 4.78 is 9.83. The molecule has 0 rings (SSSR count). The molecule has 0 radical (unpaired) electrons. The number of hydrogen-bond donors (Lipinski definition) is 3. The fourth-order valence-corrected chi connectivity index (χ4v) is 0.634. The third-order valence-corrected chi connectivity index (χ3v) is 1.14. The Morgan fingerprint density at radius 1 is 1.58 bits per heavy atom. The summed E-state index contributed by atoms with van der Waals surface area (Å²) in [4.78, 5) is 0.